The number of aryl methyl sites for hydroxylation is 1. The lowest BCUT2D eigenvalue weighted by Gasteiger charge is -2.22. The molecule has 0 saturated heterocycles. The molecule has 1 amide bonds. The largest absolute Gasteiger partial charge is 0.497 e. The summed E-state index contributed by atoms with van der Waals surface area (Å²) in [5, 5.41) is 2.87. The zero-order valence-corrected chi connectivity index (χ0v) is 16.3. The van der Waals surface area contributed by atoms with Crippen molar-refractivity contribution in [3.8, 4) is 5.75 Å². The Kier molecular flexibility index (Phi) is 5.01. The van der Waals surface area contributed by atoms with Gasteiger partial charge >= 0.3 is 0 Å². The van der Waals surface area contributed by atoms with Gasteiger partial charge in [-0.3, -0.25) is 14.7 Å². The van der Waals surface area contributed by atoms with Gasteiger partial charge in [-0.15, -0.1) is 0 Å². The van der Waals surface area contributed by atoms with E-state index in [0.717, 1.165) is 0 Å². The number of aromatic nitrogens is 4. The van der Waals surface area contributed by atoms with E-state index in [1.807, 2.05) is 0 Å². The summed E-state index contributed by atoms with van der Waals surface area (Å²) in [5.74, 6) is 0.350. The van der Waals surface area contributed by atoms with Crippen LogP contribution in [0, 0.1) is 12.7 Å². The normalized spacial score (nSPS) is 10.9. The van der Waals surface area contributed by atoms with Crippen molar-refractivity contribution in [1.82, 2.24) is 19.6 Å². The highest BCUT2D eigenvalue weighted by atomic mass is 19.1. The van der Waals surface area contributed by atoms with Crippen molar-refractivity contribution >= 4 is 17.4 Å². The third-order valence-corrected chi connectivity index (χ3v) is 4.51. The number of ether oxygens (including phenoxy) is 1. The number of amides is 1. The molecular weight excluding hydrogens is 389 g/mol. The number of nitrogens with one attached hydrogen (secondary N) is 1. The van der Waals surface area contributed by atoms with E-state index in [4.69, 9.17) is 4.74 Å². The van der Waals surface area contributed by atoms with Gasteiger partial charge in [0.15, 0.2) is 0 Å². The predicted octanol–water partition coefficient (Wildman–Crippen LogP) is 2.72. The molecule has 4 aromatic rings. The van der Waals surface area contributed by atoms with Crippen LogP contribution in [0.25, 0.3) is 5.78 Å². The first-order valence-corrected chi connectivity index (χ1v) is 9.11. The summed E-state index contributed by atoms with van der Waals surface area (Å²) in [4.78, 5) is 35.4. The molecule has 8 nitrogen and oxygen atoms in total. The predicted molar refractivity (Wildman–Crippen MR) is 108 cm³/mol. The number of hydrogen-bond acceptors (Lipinski definition) is 5. The van der Waals surface area contributed by atoms with Crippen LogP contribution in [0.4, 0.5) is 10.1 Å². The quantitative estimate of drug-likeness (QED) is 0.549. The van der Waals surface area contributed by atoms with Crippen LogP contribution in [0.2, 0.25) is 0 Å². The third kappa shape index (κ3) is 3.77. The highest BCUT2D eigenvalue weighted by molar-refractivity contribution is 6.06. The molecular formula is C21H18FN5O3. The van der Waals surface area contributed by atoms with E-state index >= 15 is 0 Å². The maximum atomic E-state index is 13.4. The highest BCUT2D eigenvalue weighted by Gasteiger charge is 2.21. The van der Waals surface area contributed by atoms with Crippen LogP contribution < -0.4 is 15.2 Å². The maximum Gasteiger partial charge on any atom is 0.274 e. The number of methoxy groups -OCH3 is 1. The van der Waals surface area contributed by atoms with Gasteiger partial charge in [0, 0.05) is 23.0 Å². The zero-order valence-electron chi connectivity index (χ0n) is 16.3. The average molecular weight is 407 g/mol. The van der Waals surface area contributed by atoms with E-state index in [1.54, 1.807) is 31.2 Å². The van der Waals surface area contributed by atoms with E-state index in [9.17, 15) is 14.0 Å². The fraction of sp³-hybridized carbons (Fsp3) is 0.143. The smallest absolute Gasteiger partial charge is 0.274 e. The molecule has 9 heteroatoms. The molecule has 0 bridgehead atoms. The monoisotopic (exact) mass is 407 g/mol. The van der Waals surface area contributed by atoms with Crippen molar-refractivity contribution in [3.05, 3.63) is 87.9 Å². The summed E-state index contributed by atoms with van der Waals surface area (Å²) in [6.07, 6.45) is 0. The van der Waals surface area contributed by atoms with Gasteiger partial charge in [0.05, 0.1) is 13.7 Å². The van der Waals surface area contributed by atoms with Crippen LogP contribution in [0.3, 0.4) is 0 Å². The van der Waals surface area contributed by atoms with E-state index in [0.29, 0.717) is 28.5 Å². The lowest BCUT2D eigenvalue weighted by atomic mass is 10.1. The number of nitrogens with zero attached hydrogens (tertiary/aromatic N) is 4. The molecule has 152 valence electrons. The Morgan fingerprint density at radius 1 is 1.17 bits per heavy atom. The van der Waals surface area contributed by atoms with Crippen LogP contribution in [-0.2, 0) is 6.54 Å². The van der Waals surface area contributed by atoms with Crippen molar-refractivity contribution in [2.24, 2.45) is 0 Å². The number of halogens is 1. The Bertz CT molecular complexity index is 1280. The van der Waals surface area contributed by atoms with Crippen LogP contribution in [-0.4, -0.2) is 32.6 Å². The van der Waals surface area contributed by atoms with Gasteiger partial charge in [-0.2, -0.15) is 9.50 Å². The molecule has 0 unspecified atom stereocenters. The SMILES string of the molecule is COc1cccc(C(=O)N(Cc2nc3nc(C)cc(=O)n3[nH]2)c2ccc(F)cc2)c1. The van der Waals surface area contributed by atoms with E-state index in [1.165, 1.54) is 46.9 Å². The van der Waals surface area contributed by atoms with E-state index in [2.05, 4.69) is 15.1 Å². The van der Waals surface area contributed by atoms with Crippen LogP contribution in [0.1, 0.15) is 21.9 Å². The van der Waals surface area contributed by atoms with Crippen molar-refractivity contribution < 1.29 is 13.9 Å². The average Bonchev–Trinajstić information content (AvgIpc) is 3.15. The summed E-state index contributed by atoms with van der Waals surface area (Å²) >= 11 is 0. The second-order valence-corrected chi connectivity index (χ2v) is 6.64. The van der Waals surface area contributed by atoms with Crippen molar-refractivity contribution in [3.63, 3.8) is 0 Å². The van der Waals surface area contributed by atoms with Gasteiger partial charge in [0.1, 0.15) is 17.4 Å². The first-order chi connectivity index (χ1) is 14.4. The second kappa shape index (κ2) is 7.78. The summed E-state index contributed by atoms with van der Waals surface area (Å²) in [6, 6.07) is 13.7. The fourth-order valence-electron chi connectivity index (χ4n) is 3.07. The number of H-pyrrole nitrogens is 1. The highest BCUT2D eigenvalue weighted by Crippen LogP contribution is 2.22. The Balaban J connectivity index is 1.75. The number of rotatable bonds is 5. The number of carbonyl (C=O) groups is 1. The summed E-state index contributed by atoms with van der Waals surface area (Å²) < 4.78 is 19.8. The van der Waals surface area contributed by atoms with Crippen molar-refractivity contribution in [2.45, 2.75) is 13.5 Å². The molecule has 2 aromatic heterocycles. The van der Waals surface area contributed by atoms with Gasteiger partial charge < -0.3 is 9.64 Å². The van der Waals surface area contributed by atoms with Crippen LogP contribution in [0.5, 0.6) is 5.75 Å². The topological polar surface area (TPSA) is 92.6 Å². The zero-order chi connectivity index (χ0) is 21.3. The molecule has 0 saturated carbocycles. The van der Waals surface area contributed by atoms with Gasteiger partial charge in [0.2, 0.25) is 0 Å². The van der Waals surface area contributed by atoms with Crippen LogP contribution >= 0.6 is 0 Å². The Morgan fingerprint density at radius 2 is 1.93 bits per heavy atom. The van der Waals surface area contributed by atoms with Gasteiger partial charge in [-0.05, 0) is 49.4 Å². The molecule has 30 heavy (non-hydrogen) atoms. The van der Waals surface area contributed by atoms with Crippen molar-refractivity contribution in [2.75, 3.05) is 12.0 Å². The Labute approximate surface area is 170 Å². The van der Waals surface area contributed by atoms with Crippen LogP contribution in [0.15, 0.2) is 59.4 Å². The fourth-order valence-corrected chi connectivity index (χ4v) is 3.07. The maximum absolute atomic E-state index is 13.4. The number of anilines is 1. The molecule has 0 aliphatic heterocycles. The minimum atomic E-state index is -0.414. The summed E-state index contributed by atoms with van der Waals surface area (Å²) in [5.41, 5.74) is 1.10. The van der Waals surface area contributed by atoms with Gasteiger partial charge in [-0.1, -0.05) is 6.07 Å². The third-order valence-electron chi connectivity index (χ3n) is 4.51. The molecule has 2 aromatic carbocycles. The molecule has 2 heterocycles. The minimum Gasteiger partial charge on any atom is -0.497 e. The number of aromatic amines is 1. The first kappa shape index (κ1) is 19.3. The van der Waals surface area contributed by atoms with Gasteiger partial charge in [-0.25, -0.2) is 9.37 Å². The second-order valence-electron chi connectivity index (χ2n) is 6.64. The van der Waals surface area contributed by atoms with E-state index in [-0.39, 0.29) is 23.8 Å². The standard InChI is InChI=1S/C21H18FN5O3/c1-13-10-19(28)27-21(23-13)24-18(25-27)12-26(16-8-6-15(22)7-9-16)20(29)14-4-3-5-17(11-14)30-2/h3-11H,12H2,1-2H3,(H,23,24,25). The molecule has 0 atom stereocenters. The van der Waals surface area contributed by atoms with Gasteiger partial charge in [0.25, 0.3) is 17.2 Å². The molecule has 0 radical (unpaired) electrons. The summed E-state index contributed by atoms with van der Waals surface area (Å²) in [7, 11) is 1.52. The molecule has 0 aliphatic carbocycles. The number of benzene rings is 2. The van der Waals surface area contributed by atoms with E-state index < -0.39 is 5.82 Å². The number of fused-ring (bicyclic) bond motifs is 1. The molecule has 0 spiro atoms. The molecule has 0 aliphatic rings. The lowest BCUT2D eigenvalue weighted by molar-refractivity contribution is 0.0984. The number of carbonyl (C=O) groups excluding carboxylic acids is 1. The Hall–Kier alpha value is -4.01. The lowest BCUT2D eigenvalue weighted by Crippen LogP contribution is -2.31. The molecule has 4 rings (SSSR count). The number of hydrogen-bond donors (Lipinski definition) is 1. The molecule has 1 N–H and O–H groups in total. The van der Waals surface area contributed by atoms with Crippen molar-refractivity contribution in [1.29, 1.82) is 0 Å². The Morgan fingerprint density at radius 3 is 2.67 bits per heavy atom. The molecule has 0 fully saturated rings. The minimum absolute atomic E-state index is 0.0174. The summed E-state index contributed by atoms with van der Waals surface area (Å²) in [6.45, 7) is 1.72. The first-order valence-electron chi connectivity index (χ1n) is 9.11.